The predicted octanol–water partition coefficient (Wildman–Crippen LogP) is 1.99. The third kappa shape index (κ3) is 3.47. The number of piperidine rings is 1. The van der Waals surface area contributed by atoms with Gasteiger partial charge in [0, 0.05) is 19.1 Å². The lowest BCUT2D eigenvalue weighted by atomic mass is 9.97. The average molecular weight is 248 g/mol. The second-order valence-electron chi connectivity index (χ2n) is 5.05. The van der Waals surface area contributed by atoms with Crippen molar-refractivity contribution in [3.05, 3.63) is 35.9 Å². The predicted molar refractivity (Wildman–Crippen MR) is 70.0 cm³/mol. The molecular formula is C14H20N2O2. The molecule has 0 saturated carbocycles. The number of amides is 1. The van der Waals surface area contributed by atoms with E-state index < -0.39 is 0 Å². The maximum Gasteiger partial charge on any atom is 0.410 e. The zero-order valence-electron chi connectivity index (χ0n) is 10.7. The number of nitrogens with zero attached hydrogens (tertiary/aromatic N) is 1. The van der Waals surface area contributed by atoms with Crippen LogP contribution in [-0.2, 0) is 11.3 Å². The average Bonchev–Trinajstić information content (AvgIpc) is 2.36. The minimum atomic E-state index is -0.263. The summed E-state index contributed by atoms with van der Waals surface area (Å²) in [6, 6.07) is 9.76. The number of benzene rings is 1. The first-order valence-corrected chi connectivity index (χ1v) is 6.36. The fourth-order valence-corrected chi connectivity index (χ4v) is 2.36. The molecule has 1 amide bonds. The monoisotopic (exact) mass is 248 g/mol. The summed E-state index contributed by atoms with van der Waals surface area (Å²) in [7, 11) is 0. The van der Waals surface area contributed by atoms with Crippen molar-refractivity contribution in [2.75, 3.05) is 13.1 Å². The molecule has 4 heteroatoms. The van der Waals surface area contributed by atoms with Crippen LogP contribution in [0.25, 0.3) is 0 Å². The highest BCUT2D eigenvalue weighted by Gasteiger charge is 2.26. The molecule has 0 aliphatic carbocycles. The quantitative estimate of drug-likeness (QED) is 0.870. The normalized spacial score (nSPS) is 23.8. The zero-order chi connectivity index (χ0) is 13.0. The van der Waals surface area contributed by atoms with Crippen molar-refractivity contribution in [3.8, 4) is 0 Å². The van der Waals surface area contributed by atoms with Gasteiger partial charge in [-0.1, -0.05) is 37.3 Å². The molecule has 2 N–H and O–H groups in total. The first kappa shape index (κ1) is 12.9. The molecule has 1 saturated heterocycles. The molecule has 0 radical (unpaired) electrons. The van der Waals surface area contributed by atoms with E-state index in [2.05, 4.69) is 6.92 Å². The Labute approximate surface area is 108 Å². The molecule has 18 heavy (non-hydrogen) atoms. The lowest BCUT2D eigenvalue weighted by Crippen LogP contribution is -2.48. The standard InChI is InChI=1S/C14H20N2O2/c1-11-7-13(15)9-16(8-11)14(17)18-10-12-5-3-2-4-6-12/h2-6,11,13H,7-10,15H2,1H3/t11-,13?/m0/s1. The molecule has 1 unspecified atom stereocenters. The van der Waals surface area contributed by atoms with E-state index >= 15 is 0 Å². The highest BCUT2D eigenvalue weighted by Crippen LogP contribution is 2.16. The number of nitrogens with two attached hydrogens (primary N) is 1. The van der Waals surface area contributed by atoms with Gasteiger partial charge in [0.1, 0.15) is 6.61 Å². The van der Waals surface area contributed by atoms with Gasteiger partial charge in [0.15, 0.2) is 0 Å². The van der Waals surface area contributed by atoms with Gasteiger partial charge in [-0.2, -0.15) is 0 Å². The number of rotatable bonds is 2. The number of ether oxygens (including phenoxy) is 1. The van der Waals surface area contributed by atoms with Crippen LogP contribution in [0.15, 0.2) is 30.3 Å². The number of carbonyl (C=O) groups is 1. The molecule has 0 spiro atoms. The number of hydrogen-bond donors (Lipinski definition) is 1. The second kappa shape index (κ2) is 5.87. The zero-order valence-corrected chi connectivity index (χ0v) is 10.7. The maximum absolute atomic E-state index is 11.9. The smallest absolute Gasteiger partial charge is 0.410 e. The third-order valence-corrected chi connectivity index (χ3v) is 3.16. The molecule has 98 valence electrons. The van der Waals surface area contributed by atoms with Crippen molar-refractivity contribution in [1.82, 2.24) is 4.90 Å². The number of likely N-dealkylation sites (tertiary alicyclic amines) is 1. The van der Waals surface area contributed by atoms with E-state index in [4.69, 9.17) is 10.5 Å². The molecule has 1 aliphatic rings. The van der Waals surface area contributed by atoms with Gasteiger partial charge >= 0.3 is 6.09 Å². The van der Waals surface area contributed by atoms with E-state index in [1.165, 1.54) is 0 Å². The van der Waals surface area contributed by atoms with Crippen molar-refractivity contribution in [2.45, 2.75) is 26.0 Å². The summed E-state index contributed by atoms with van der Waals surface area (Å²) < 4.78 is 5.30. The molecule has 1 aliphatic heterocycles. The summed E-state index contributed by atoms with van der Waals surface area (Å²) in [6.07, 6.45) is 0.712. The Bertz CT molecular complexity index is 384. The maximum atomic E-state index is 11.9. The van der Waals surface area contributed by atoms with E-state index in [0.29, 0.717) is 19.1 Å². The minimum Gasteiger partial charge on any atom is -0.445 e. The first-order chi connectivity index (χ1) is 8.65. The molecule has 0 aromatic heterocycles. The topological polar surface area (TPSA) is 55.6 Å². The van der Waals surface area contributed by atoms with Crippen molar-refractivity contribution in [2.24, 2.45) is 11.7 Å². The highest BCUT2D eigenvalue weighted by molar-refractivity contribution is 5.67. The van der Waals surface area contributed by atoms with E-state index in [9.17, 15) is 4.79 Å². The van der Waals surface area contributed by atoms with Crippen LogP contribution in [0.3, 0.4) is 0 Å². The van der Waals surface area contributed by atoms with E-state index in [0.717, 1.165) is 18.5 Å². The number of hydrogen-bond acceptors (Lipinski definition) is 3. The summed E-state index contributed by atoms with van der Waals surface area (Å²) in [5.41, 5.74) is 6.91. The highest BCUT2D eigenvalue weighted by atomic mass is 16.6. The Morgan fingerprint density at radius 1 is 1.39 bits per heavy atom. The summed E-state index contributed by atoms with van der Waals surface area (Å²) in [4.78, 5) is 13.6. The van der Waals surface area contributed by atoms with E-state index in [-0.39, 0.29) is 12.1 Å². The van der Waals surface area contributed by atoms with Gasteiger partial charge in [0.2, 0.25) is 0 Å². The van der Waals surface area contributed by atoms with Gasteiger partial charge in [0.05, 0.1) is 0 Å². The van der Waals surface area contributed by atoms with Crippen molar-refractivity contribution in [1.29, 1.82) is 0 Å². The summed E-state index contributed by atoms with van der Waals surface area (Å²) >= 11 is 0. The van der Waals surface area contributed by atoms with Crippen LogP contribution in [0.2, 0.25) is 0 Å². The molecule has 1 aromatic rings. The van der Waals surface area contributed by atoms with E-state index in [1.54, 1.807) is 4.90 Å². The molecule has 1 heterocycles. The van der Waals surface area contributed by atoms with Crippen LogP contribution in [0, 0.1) is 5.92 Å². The Kier molecular flexibility index (Phi) is 4.20. The molecule has 4 nitrogen and oxygen atoms in total. The molecule has 1 aromatic carbocycles. The lowest BCUT2D eigenvalue weighted by molar-refractivity contribution is 0.0767. The summed E-state index contributed by atoms with van der Waals surface area (Å²) in [5, 5.41) is 0. The fourth-order valence-electron chi connectivity index (χ4n) is 2.36. The minimum absolute atomic E-state index is 0.0676. The van der Waals surface area contributed by atoms with Gasteiger partial charge < -0.3 is 15.4 Å². The summed E-state index contributed by atoms with van der Waals surface area (Å²) in [6.45, 7) is 3.76. The van der Waals surface area contributed by atoms with Gasteiger partial charge in [-0.25, -0.2) is 4.79 Å². The molecule has 1 fully saturated rings. The van der Waals surface area contributed by atoms with Crippen LogP contribution in [-0.4, -0.2) is 30.1 Å². The summed E-state index contributed by atoms with van der Waals surface area (Å²) in [5.74, 6) is 0.443. The van der Waals surface area contributed by atoms with Crippen molar-refractivity contribution < 1.29 is 9.53 Å². The largest absolute Gasteiger partial charge is 0.445 e. The van der Waals surface area contributed by atoms with Crippen molar-refractivity contribution >= 4 is 6.09 Å². The van der Waals surface area contributed by atoms with Gasteiger partial charge in [-0.3, -0.25) is 0 Å². The van der Waals surface area contributed by atoms with Crippen molar-refractivity contribution in [3.63, 3.8) is 0 Å². The van der Waals surface area contributed by atoms with Crippen LogP contribution < -0.4 is 5.73 Å². The number of carbonyl (C=O) groups excluding carboxylic acids is 1. The molecular weight excluding hydrogens is 228 g/mol. The third-order valence-electron chi connectivity index (χ3n) is 3.16. The first-order valence-electron chi connectivity index (χ1n) is 6.36. The fraction of sp³-hybridized carbons (Fsp3) is 0.500. The van der Waals surface area contributed by atoms with Crippen LogP contribution >= 0.6 is 0 Å². The molecule has 2 rings (SSSR count). The van der Waals surface area contributed by atoms with Gasteiger partial charge in [-0.15, -0.1) is 0 Å². The molecule has 0 bridgehead atoms. The van der Waals surface area contributed by atoms with Crippen LogP contribution in [0.4, 0.5) is 4.79 Å². The Balaban J connectivity index is 1.84. The Morgan fingerprint density at radius 3 is 2.78 bits per heavy atom. The second-order valence-corrected chi connectivity index (χ2v) is 5.05. The lowest BCUT2D eigenvalue weighted by Gasteiger charge is -2.33. The van der Waals surface area contributed by atoms with Crippen LogP contribution in [0.5, 0.6) is 0 Å². The van der Waals surface area contributed by atoms with Crippen LogP contribution in [0.1, 0.15) is 18.9 Å². The van der Waals surface area contributed by atoms with E-state index in [1.807, 2.05) is 30.3 Å². The Morgan fingerprint density at radius 2 is 2.11 bits per heavy atom. The van der Waals surface area contributed by atoms with Gasteiger partial charge in [-0.05, 0) is 17.9 Å². The molecule has 2 atom stereocenters. The SMILES string of the molecule is C[C@H]1CC(N)CN(C(=O)OCc2ccccc2)C1. The van der Waals surface area contributed by atoms with Gasteiger partial charge in [0.25, 0.3) is 0 Å². The Hall–Kier alpha value is -1.55.